The Morgan fingerprint density at radius 3 is 2.68 bits per heavy atom. The van der Waals surface area contributed by atoms with E-state index in [0.29, 0.717) is 30.2 Å². The van der Waals surface area contributed by atoms with Gasteiger partial charge in [-0.1, -0.05) is 0 Å². The van der Waals surface area contributed by atoms with Crippen LogP contribution >= 0.6 is 0 Å². The van der Waals surface area contributed by atoms with E-state index in [-0.39, 0.29) is 0 Å². The van der Waals surface area contributed by atoms with Crippen molar-refractivity contribution in [1.82, 2.24) is 10.3 Å². The van der Waals surface area contributed by atoms with Crippen LogP contribution < -0.4 is 16.0 Å². The highest BCUT2D eigenvalue weighted by molar-refractivity contribution is 6.16. The van der Waals surface area contributed by atoms with Crippen LogP contribution in [0.1, 0.15) is 22.3 Å². The molecule has 1 aliphatic rings. The molecule has 1 aromatic heterocycles. The summed E-state index contributed by atoms with van der Waals surface area (Å²) >= 11 is 0. The number of ether oxygens (including phenoxy) is 1. The SMILES string of the molecule is CN/C=C(\C=N)c1cc(C)c(N)c(C(=N)c2ccnc(N3CCOCC3)c2)c1. The lowest BCUT2D eigenvalue weighted by atomic mass is 9.94. The number of nitrogen functional groups attached to an aromatic ring is 1. The van der Waals surface area contributed by atoms with Gasteiger partial charge in [-0.15, -0.1) is 0 Å². The first-order chi connectivity index (χ1) is 13.5. The zero-order valence-corrected chi connectivity index (χ0v) is 16.2. The first-order valence-electron chi connectivity index (χ1n) is 9.21. The Hall–Kier alpha value is -3.19. The minimum atomic E-state index is 0.341. The highest BCUT2D eigenvalue weighted by atomic mass is 16.5. The summed E-state index contributed by atoms with van der Waals surface area (Å²) in [7, 11) is 1.79. The van der Waals surface area contributed by atoms with Crippen molar-refractivity contribution in [2.24, 2.45) is 0 Å². The van der Waals surface area contributed by atoms with Crippen LogP contribution in [0, 0.1) is 17.7 Å². The zero-order valence-electron chi connectivity index (χ0n) is 16.2. The second kappa shape index (κ2) is 8.67. The molecule has 2 aromatic rings. The van der Waals surface area contributed by atoms with E-state index in [1.807, 2.05) is 31.2 Å². The number of rotatable bonds is 6. The topological polar surface area (TPSA) is 111 Å². The number of nitrogens with two attached hydrogens (primary N) is 1. The van der Waals surface area contributed by atoms with Gasteiger partial charge in [0.2, 0.25) is 0 Å². The van der Waals surface area contributed by atoms with Gasteiger partial charge in [0.25, 0.3) is 0 Å². The van der Waals surface area contributed by atoms with Gasteiger partial charge < -0.3 is 26.1 Å². The van der Waals surface area contributed by atoms with Crippen LogP contribution in [0.15, 0.2) is 36.7 Å². The summed E-state index contributed by atoms with van der Waals surface area (Å²) in [5, 5.41) is 19.4. The molecule has 7 nitrogen and oxygen atoms in total. The molecule has 0 atom stereocenters. The van der Waals surface area contributed by atoms with Gasteiger partial charge in [-0.25, -0.2) is 4.98 Å². The van der Waals surface area contributed by atoms with Crippen molar-refractivity contribution in [2.45, 2.75) is 6.92 Å². The largest absolute Gasteiger partial charge is 0.398 e. The summed E-state index contributed by atoms with van der Waals surface area (Å²) in [5.74, 6) is 0.840. The van der Waals surface area contributed by atoms with Crippen molar-refractivity contribution in [1.29, 1.82) is 10.8 Å². The maximum absolute atomic E-state index is 8.77. The summed E-state index contributed by atoms with van der Waals surface area (Å²) in [6.07, 6.45) is 4.78. The van der Waals surface area contributed by atoms with Crippen LogP contribution in [0.25, 0.3) is 5.57 Å². The van der Waals surface area contributed by atoms with Crippen molar-refractivity contribution in [2.75, 3.05) is 44.0 Å². The first kappa shape index (κ1) is 19.6. The molecular formula is C21H26N6O. The average molecular weight is 378 g/mol. The summed E-state index contributed by atoms with van der Waals surface area (Å²) in [5.41, 5.74) is 11.1. The van der Waals surface area contributed by atoms with Crippen LogP contribution in [0.2, 0.25) is 0 Å². The number of hydrogen-bond acceptors (Lipinski definition) is 7. The fraction of sp³-hybridized carbons (Fsp3) is 0.286. The number of nitrogens with zero attached hydrogens (tertiary/aromatic N) is 2. The normalized spacial score (nSPS) is 14.6. The summed E-state index contributed by atoms with van der Waals surface area (Å²) in [6.45, 7) is 4.86. The van der Waals surface area contributed by atoms with Crippen LogP contribution in [-0.2, 0) is 4.74 Å². The lowest BCUT2D eigenvalue weighted by molar-refractivity contribution is 0.122. The number of aromatic nitrogens is 1. The van der Waals surface area contributed by atoms with E-state index >= 15 is 0 Å². The molecule has 1 aromatic carbocycles. The first-order valence-corrected chi connectivity index (χ1v) is 9.21. The monoisotopic (exact) mass is 378 g/mol. The summed E-state index contributed by atoms with van der Waals surface area (Å²) in [4.78, 5) is 6.62. The molecule has 7 heteroatoms. The lowest BCUT2D eigenvalue weighted by Gasteiger charge is -2.28. The lowest BCUT2D eigenvalue weighted by Crippen LogP contribution is -2.36. The number of nitrogens with one attached hydrogen (secondary N) is 3. The van der Waals surface area contributed by atoms with Crippen molar-refractivity contribution in [3.8, 4) is 0 Å². The molecule has 5 N–H and O–H groups in total. The molecule has 0 spiro atoms. The maximum Gasteiger partial charge on any atom is 0.129 e. The molecule has 28 heavy (non-hydrogen) atoms. The standard InChI is InChI=1S/C21H26N6O/c1-14-9-16(17(12-22)13-25-2)10-18(20(14)23)21(24)15-3-4-26-19(11-15)27-5-7-28-8-6-27/h3-4,9-13,22,24-25H,5-8,23H2,1-2H3/b17-13+,22-12?,24-21?. The van der Waals surface area contributed by atoms with Gasteiger partial charge in [0.1, 0.15) is 5.82 Å². The van der Waals surface area contributed by atoms with Gasteiger partial charge in [-0.3, -0.25) is 5.41 Å². The molecular weight excluding hydrogens is 352 g/mol. The van der Waals surface area contributed by atoms with Crippen LogP contribution in [-0.4, -0.2) is 50.3 Å². The molecule has 146 valence electrons. The van der Waals surface area contributed by atoms with Gasteiger partial charge in [0, 0.05) is 61.1 Å². The minimum Gasteiger partial charge on any atom is -0.398 e. The van der Waals surface area contributed by atoms with E-state index in [2.05, 4.69) is 15.2 Å². The fourth-order valence-corrected chi connectivity index (χ4v) is 3.23. The van der Waals surface area contributed by atoms with Crippen molar-refractivity contribution in [3.05, 3.63) is 58.9 Å². The quantitative estimate of drug-likeness (QED) is 0.456. The molecule has 0 unspecified atom stereocenters. The van der Waals surface area contributed by atoms with E-state index in [1.54, 1.807) is 19.4 Å². The molecule has 2 heterocycles. The van der Waals surface area contributed by atoms with E-state index in [1.165, 1.54) is 6.21 Å². The summed E-state index contributed by atoms with van der Waals surface area (Å²) in [6, 6.07) is 7.56. The number of allylic oxidation sites excluding steroid dienone is 1. The van der Waals surface area contributed by atoms with Gasteiger partial charge in [-0.05, 0) is 42.3 Å². The van der Waals surface area contributed by atoms with Crippen molar-refractivity contribution in [3.63, 3.8) is 0 Å². The number of morpholine rings is 1. The number of aryl methyl sites for hydroxylation is 1. The second-order valence-electron chi connectivity index (χ2n) is 6.66. The maximum atomic E-state index is 8.77. The van der Waals surface area contributed by atoms with E-state index in [9.17, 15) is 0 Å². The number of hydrogen-bond donors (Lipinski definition) is 4. The van der Waals surface area contributed by atoms with Gasteiger partial charge in [0.15, 0.2) is 0 Å². The Kier molecular flexibility index (Phi) is 6.06. The van der Waals surface area contributed by atoms with Gasteiger partial charge in [-0.2, -0.15) is 0 Å². The van der Waals surface area contributed by atoms with Crippen molar-refractivity contribution < 1.29 is 4.74 Å². The Labute approximate surface area is 165 Å². The Balaban J connectivity index is 1.99. The minimum absolute atomic E-state index is 0.341. The van der Waals surface area contributed by atoms with Gasteiger partial charge in [0.05, 0.1) is 18.9 Å². The molecule has 0 amide bonds. The van der Waals surface area contributed by atoms with Gasteiger partial charge >= 0.3 is 0 Å². The zero-order chi connectivity index (χ0) is 20.1. The van der Waals surface area contributed by atoms with Crippen LogP contribution in [0.3, 0.4) is 0 Å². The summed E-state index contributed by atoms with van der Waals surface area (Å²) < 4.78 is 5.41. The number of anilines is 2. The average Bonchev–Trinajstić information content (AvgIpc) is 2.74. The number of pyridine rings is 1. The van der Waals surface area contributed by atoms with E-state index in [0.717, 1.165) is 41.2 Å². The molecule has 0 aliphatic carbocycles. The highest BCUT2D eigenvalue weighted by Gasteiger charge is 2.17. The molecule has 0 saturated carbocycles. The van der Waals surface area contributed by atoms with Crippen molar-refractivity contribution >= 4 is 29.0 Å². The predicted octanol–water partition coefficient (Wildman–Crippen LogP) is 2.43. The van der Waals surface area contributed by atoms with E-state index in [4.69, 9.17) is 21.3 Å². The molecule has 1 aliphatic heterocycles. The molecule has 1 saturated heterocycles. The smallest absolute Gasteiger partial charge is 0.129 e. The third-order valence-electron chi connectivity index (χ3n) is 4.81. The van der Waals surface area contributed by atoms with Crippen LogP contribution in [0.4, 0.5) is 11.5 Å². The molecule has 1 fully saturated rings. The Morgan fingerprint density at radius 2 is 2.00 bits per heavy atom. The number of benzene rings is 1. The van der Waals surface area contributed by atoms with Crippen LogP contribution in [0.5, 0.6) is 0 Å². The highest BCUT2D eigenvalue weighted by Crippen LogP contribution is 2.26. The fourth-order valence-electron chi connectivity index (χ4n) is 3.23. The molecule has 3 rings (SSSR count). The third-order valence-corrected chi connectivity index (χ3v) is 4.81. The predicted molar refractivity (Wildman–Crippen MR) is 115 cm³/mol. The Morgan fingerprint density at radius 1 is 1.25 bits per heavy atom. The molecule has 0 radical (unpaired) electrons. The Bertz CT molecular complexity index is 915. The molecule has 0 bridgehead atoms. The van der Waals surface area contributed by atoms with E-state index < -0.39 is 0 Å². The third kappa shape index (κ3) is 4.04. The second-order valence-corrected chi connectivity index (χ2v) is 6.66.